The van der Waals surface area contributed by atoms with Crippen molar-refractivity contribution in [3.8, 4) is 11.5 Å². The molecule has 4 rings (SSSR count). The maximum atomic E-state index is 12.7. The van der Waals surface area contributed by atoms with Crippen LogP contribution >= 0.6 is 11.3 Å². The summed E-state index contributed by atoms with van der Waals surface area (Å²) in [5.41, 5.74) is 0.670. The predicted octanol–water partition coefficient (Wildman–Crippen LogP) is 3.89. The van der Waals surface area contributed by atoms with Crippen molar-refractivity contribution < 1.29 is 14.3 Å². The Balaban J connectivity index is 1.54. The van der Waals surface area contributed by atoms with Gasteiger partial charge in [0.15, 0.2) is 11.5 Å². The van der Waals surface area contributed by atoms with Crippen molar-refractivity contribution in [3.05, 3.63) is 40.6 Å². The minimum atomic E-state index is -0.0801. The van der Waals surface area contributed by atoms with Crippen molar-refractivity contribution in [1.29, 1.82) is 0 Å². The molecule has 2 aliphatic heterocycles. The number of para-hydroxylation sites is 1. The van der Waals surface area contributed by atoms with Crippen LogP contribution in [0.15, 0.2) is 35.7 Å². The standard InChI is InChI=1S/C17H18N2O3S/c20-17(19-8-2-5-13(19)15-7-3-11-23-15)18-12-4-1-6-14-16(12)22-10-9-21-14/h1,3-4,6-7,11,13H,2,5,8-10H2,(H,18,20)/t13-/m0/s1. The molecule has 0 radical (unpaired) electrons. The van der Waals surface area contributed by atoms with E-state index in [1.54, 1.807) is 11.3 Å². The van der Waals surface area contributed by atoms with E-state index in [1.807, 2.05) is 29.2 Å². The Labute approximate surface area is 138 Å². The van der Waals surface area contributed by atoms with E-state index in [0.29, 0.717) is 30.4 Å². The topological polar surface area (TPSA) is 50.8 Å². The van der Waals surface area contributed by atoms with Crippen LogP contribution in [0.4, 0.5) is 10.5 Å². The Kier molecular flexibility index (Phi) is 3.83. The van der Waals surface area contributed by atoms with Crippen LogP contribution in [0.2, 0.25) is 0 Å². The first-order chi connectivity index (χ1) is 11.3. The van der Waals surface area contributed by atoms with Gasteiger partial charge in [-0.25, -0.2) is 4.79 Å². The number of fused-ring (bicyclic) bond motifs is 1. The fourth-order valence-corrected chi connectivity index (χ4v) is 4.02. The van der Waals surface area contributed by atoms with Crippen molar-refractivity contribution in [2.75, 3.05) is 25.1 Å². The zero-order valence-electron chi connectivity index (χ0n) is 12.7. The summed E-state index contributed by atoms with van der Waals surface area (Å²) in [7, 11) is 0. The molecular weight excluding hydrogens is 312 g/mol. The summed E-state index contributed by atoms with van der Waals surface area (Å²) >= 11 is 1.70. The highest BCUT2D eigenvalue weighted by atomic mass is 32.1. The number of likely N-dealkylation sites (tertiary alicyclic amines) is 1. The zero-order valence-corrected chi connectivity index (χ0v) is 13.5. The van der Waals surface area contributed by atoms with Crippen molar-refractivity contribution in [2.45, 2.75) is 18.9 Å². The average Bonchev–Trinajstić information content (AvgIpc) is 3.26. The van der Waals surface area contributed by atoms with Crippen LogP contribution in [-0.2, 0) is 0 Å². The first kappa shape index (κ1) is 14.4. The number of nitrogens with one attached hydrogen (secondary N) is 1. The third-order valence-corrected chi connectivity index (χ3v) is 5.17. The SMILES string of the molecule is O=C(Nc1cccc2c1OCCO2)N1CCC[C@H]1c1cccs1. The molecule has 0 bridgehead atoms. The van der Waals surface area contributed by atoms with E-state index < -0.39 is 0 Å². The Morgan fingerprint density at radius 1 is 1.22 bits per heavy atom. The number of anilines is 1. The number of thiophene rings is 1. The summed E-state index contributed by atoms with van der Waals surface area (Å²) in [6.45, 7) is 1.82. The monoisotopic (exact) mass is 330 g/mol. The van der Waals surface area contributed by atoms with E-state index >= 15 is 0 Å². The Morgan fingerprint density at radius 3 is 3.00 bits per heavy atom. The summed E-state index contributed by atoms with van der Waals surface area (Å²) in [6.07, 6.45) is 2.04. The van der Waals surface area contributed by atoms with Gasteiger partial charge in [0.2, 0.25) is 0 Å². The van der Waals surface area contributed by atoms with Crippen molar-refractivity contribution in [3.63, 3.8) is 0 Å². The third-order valence-electron chi connectivity index (χ3n) is 4.19. The number of rotatable bonds is 2. The Bertz CT molecular complexity index is 702. The summed E-state index contributed by atoms with van der Waals surface area (Å²) in [5, 5.41) is 5.05. The smallest absolute Gasteiger partial charge is 0.322 e. The highest BCUT2D eigenvalue weighted by Gasteiger charge is 2.31. The Morgan fingerprint density at radius 2 is 2.13 bits per heavy atom. The molecule has 2 aliphatic rings. The molecule has 0 saturated carbocycles. The molecule has 1 saturated heterocycles. The second-order valence-corrected chi connectivity index (χ2v) is 6.61. The molecule has 2 amide bonds. The van der Waals surface area contributed by atoms with Gasteiger partial charge in [0.1, 0.15) is 13.2 Å². The van der Waals surface area contributed by atoms with E-state index in [2.05, 4.69) is 16.8 Å². The van der Waals surface area contributed by atoms with Crippen LogP contribution in [-0.4, -0.2) is 30.7 Å². The lowest BCUT2D eigenvalue weighted by atomic mass is 10.2. The van der Waals surface area contributed by atoms with Gasteiger partial charge >= 0.3 is 6.03 Å². The van der Waals surface area contributed by atoms with Gasteiger partial charge in [-0.2, -0.15) is 0 Å². The van der Waals surface area contributed by atoms with E-state index in [0.717, 1.165) is 19.4 Å². The van der Waals surface area contributed by atoms with Gasteiger partial charge < -0.3 is 19.7 Å². The number of ether oxygens (including phenoxy) is 2. The van der Waals surface area contributed by atoms with Crippen LogP contribution in [0.25, 0.3) is 0 Å². The number of benzene rings is 1. The second kappa shape index (κ2) is 6.12. The molecule has 0 unspecified atom stereocenters. The molecule has 1 aromatic carbocycles. The van der Waals surface area contributed by atoms with Gasteiger partial charge in [0, 0.05) is 11.4 Å². The van der Waals surface area contributed by atoms with Crippen LogP contribution in [0, 0.1) is 0 Å². The van der Waals surface area contributed by atoms with Gasteiger partial charge in [0.25, 0.3) is 0 Å². The lowest BCUT2D eigenvalue weighted by Crippen LogP contribution is -2.34. The Hall–Kier alpha value is -2.21. The summed E-state index contributed by atoms with van der Waals surface area (Å²) in [5.74, 6) is 1.31. The zero-order chi connectivity index (χ0) is 15.6. The van der Waals surface area contributed by atoms with Crippen molar-refractivity contribution in [1.82, 2.24) is 4.90 Å². The minimum Gasteiger partial charge on any atom is -0.486 e. The fraction of sp³-hybridized carbons (Fsp3) is 0.353. The van der Waals surface area contributed by atoms with Crippen LogP contribution in [0.1, 0.15) is 23.8 Å². The van der Waals surface area contributed by atoms with Gasteiger partial charge in [0.05, 0.1) is 11.7 Å². The van der Waals surface area contributed by atoms with Crippen molar-refractivity contribution in [2.24, 2.45) is 0 Å². The first-order valence-electron chi connectivity index (χ1n) is 7.82. The maximum absolute atomic E-state index is 12.7. The number of urea groups is 1. The van der Waals surface area contributed by atoms with E-state index in [4.69, 9.17) is 9.47 Å². The van der Waals surface area contributed by atoms with Crippen LogP contribution in [0.3, 0.4) is 0 Å². The van der Waals surface area contributed by atoms with Gasteiger partial charge in [-0.05, 0) is 36.4 Å². The van der Waals surface area contributed by atoms with Gasteiger partial charge in [-0.1, -0.05) is 12.1 Å². The first-order valence-corrected chi connectivity index (χ1v) is 8.70. The van der Waals surface area contributed by atoms with E-state index in [9.17, 15) is 4.79 Å². The number of nitrogens with zero attached hydrogens (tertiary/aromatic N) is 1. The highest BCUT2D eigenvalue weighted by molar-refractivity contribution is 7.10. The molecule has 1 fully saturated rings. The third kappa shape index (κ3) is 2.74. The van der Waals surface area contributed by atoms with Crippen LogP contribution < -0.4 is 14.8 Å². The molecule has 2 aromatic rings. The number of carbonyl (C=O) groups excluding carboxylic acids is 1. The predicted molar refractivity (Wildman–Crippen MR) is 89.5 cm³/mol. The molecule has 0 spiro atoms. The molecule has 6 heteroatoms. The quantitative estimate of drug-likeness (QED) is 0.909. The lowest BCUT2D eigenvalue weighted by molar-refractivity contribution is 0.172. The van der Waals surface area contributed by atoms with E-state index in [1.165, 1.54) is 4.88 Å². The number of hydrogen-bond acceptors (Lipinski definition) is 4. The molecule has 5 nitrogen and oxygen atoms in total. The molecule has 1 N–H and O–H groups in total. The highest BCUT2D eigenvalue weighted by Crippen LogP contribution is 2.39. The van der Waals surface area contributed by atoms with Gasteiger partial charge in [-0.3, -0.25) is 0 Å². The second-order valence-electron chi connectivity index (χ2n) is 5.63. The minimum absolute atomic E-state index is 0.0801. The van der Waals surface area contributed by atoms with E-state index in [-0.39, 0.29) is 12.1 Å². The average molecular weight is 330 g/mol. The molecule has 23 heavy (non-hydrogen) atoms. The lowest BCUT2D eigenvalue weighted by Gasteiger charge is -2.26. The number of hydrogen-bond donors (Lipinski definition) is 1. The summed E-state index contributed by atoms with van der Waals surface area (Å²) in [4.78, 5) is 15.9. The molecule has 120 valence electrons. The molecule has 3 heterocycles. The van der Waals surface area contributed by atoms with Gasteiger partial charge in [-0.15, -0.1) is 11.3 Å². The molecule has 1 aromatic heterocycles. The van der Waals surface area contributed by atoms with Crippen LogP contribution in [0.5, 0.6) is 11.5 Å². The number of amides is 2. The maximum Gasteiger partial charge on any atom is 0.322 e. The van der Waals surface area contributed by atoms with Crippen molar-refractivity contribution >= 4 is 23.1 Å². The summed E-state index contributed by atoms with van der Waals surface area (Å²) in [6, 6.07) is 9.80. The summed E-state index contributed by atoms with van der Waals surface area (Å²) < 4.78 is 11.2. The largest absolute Gasteiger partial charge is 0.486 e. The fourth-order valence-electron chi connectivity index (χ4n) is 3.15. The molecule has 0 aliphatic carbocycles. The normalized spacial score (nSPS) is 19.7. The number of carbonyl (C=O) groups is 1. The molecular formula is C17H18N2O3S. The molecule has 1 atom stereocenters.